The molecule has 34 heavy (non-hydrogen) atoms. The lowest BCUT2D eigenvalue weighted by molar-refractivity contribution is 0.0775. The standard InChI is InChI=1S/C27H26FN5O/c1-32(17-19-8-11-29-12-9-19)22-10-13-33(18-22)27(34)24-14-20(6-7-25(24)28)15-26-23-5-3-2-4-21(23)16-30-31-26/h2-9,11-12,14,16,22H,10,13,15,17-18H2,1H3/t22-/m1/s1. The first-order valence-corrected chi connectivity index (χ1v) is 11.4. The SMILES string of the molecule is CN(Cc1ccncc1)[C@@H]1CCN(C(=O)c2cc(Cc3nncc4ccccc34)ccc2F)C1. The Morgan fingerprint density at radius 2 is 1.94 bits per heavy atom. The van der Waals surface area contributed by atoms with Crippen LogP contribution in [0.4, 0.5) is 4.39 Å². The van der Waals surface area contributed by atoms with E-state index in [4.69, 9.17) is 0 Å². The van der Waals surface area contributed by atoms with Crippen LogP contribution in [0, 0.1) is 5.82 Å². The van der Waals surface area contributed by atoms with Crippen molar-refractivity contribution in [3.8, 4) is 0 Å². The van der Waals surface area contributed by atoms with Crippen molar-refractivity contribution in [1.29, 1.82) is 0 Å². The van der Waals surface area contributed by atoms with Crippen LogP contribution < -0.4 is 0 Å². The zero-order chi connectivity index (χ0) is 23.5. The number of amides is 1. The molecule has 5 rings (SSSR count). The number of nitrogens with zero attached hydrogens (tertiary/aromatic N) is 5. The summed E-state index contributed by atoms with van der Waals surface area (Å²) in [5, 5.41) is 10.4. The van der Waals surface area contributed by atoms with E-state index in [2.05, 4.69) is 27.1 Å². The molecule has 0 saturated carbocycles. The van der Waals surface area contributed by atoms with Gasteiger partial charge in [-0.05, 0) is 48.9 Å². The molecule has 0 bridgehead atoms. The Labute approximate surface area is 198 Å². The van der Waals surface area contributed by atoms with Crippen molar-refractivity contribution in [3.63, 3.8) is 0 Å². The van der Waals surface area contributed by atoms with Crippen molar-refractivity contribution in [2.45, 2.75) is 25.4 Å². The first-order chi connectivity index (χ1) is 16.6. The van der Waals surface area contributed by atoms with Crippen LogP contribution in [0.25, 0.3) is 10.8 Å². The number of hydrogen-bond donors (Lipinski definition) is 0. The molecular formula is C27H26FN5O. The van der Waals surface area contributed by atoms with Gasteiger partial charge in [-0.25, -0.2) is 4.39 Å². The fourth-order valence-corrected chi connectivity index (χ4v) is 4.62. The molecule has 2 aromatic carbocycles. The summed E-state index contributed by atoms with van der Waals surface area (Å²) < 4.78 is 14.7. The number of fused-ring (bicyclic) bond motifs is 1. The van der Waals surface area contributed by atoms with Crippen LogP contribution in [0.5, 0.6) is 0 Å². The van der Waals surface area contributed by atoms with Crippen LogP contribution in [-0.2, 0) is 13.0 Å². The maximum absolute atomic E-state index is 14.7. The molecule has 1 aliphatic rings. The van der Waals surface area contributed by atoms with Crippen molar-refractivity contribution < 1.29 is 9.18 Å². The van der Waals surface area contributed by atoms with E-state index in [0.29, 0.717) is 19.5 Å². The predicted octanol–water partition coefficient (Wildman–Crippen LogP) is 4.10. The van der Waals surface area contributed by atoms with Gasteiger partial charge in [0.1, 0.15) is 5.82 Å². The van der Waals surface area contributed by atoms with Gasteiger partial charge in [-0.15, -0.1) is 0 Å². The van der Waals surface area contributed by atoms with E-state index in [-0.39, 0.29) is 17.5 Å². The fourth-order valence-electron chi connectivity index (χ4n) is 4.62. The molecule has 0 spiro atoms. The van der Waals surface area contributed by atoms with Gasteiger partial charge in [0, 0.05) is 55.3 Å². The van der Waals surface area contributed by atoms with E-state index in [1.165, 1.54) is 11.6 Å². The van der Waals surface area contributed by atoms with E-state index in [1.807, 2.05) is 36.4 Å². The average molecular weight is 456 g/mol. The molecule has 172 valence electrons. The number of rotatable bonds is 6. The normalized spacial score (nSPS) is 15.9. The first kappa shape index (κ1) is 22.1. The molecule has 2 aromatic heterocycles. The van der Waals surface area contributed by atoms with Gasteiger partial charge in [0.2, 0.25) is 0 Å². The van der Waals surface area contributed by atoms with E-state index < -0.39 is 5.82 Å². The molecule has 1 aliphatic heterocycles. The Kier molecular flexibility index (Phi) is 6.27. The third-order valence-electron chi connectivity index (χ3n) is 6.53. The summed E-state index contributed by atoms with van der Waals surface area (Å²) in [6.45, 7) is 1.98. The molecule has 7 heteroatoms. The molecular weight excluding hydrogens is 429 g/mol. The molecule has 1 amide bonds. The maximum atomic E-state index is 14.7. The van der Waals surface area contributed by atoms with Gasteiger partial charge in [-0.3, -0.25) is 14.7 Å². The van der Waals surface area contributed by atoms with Crippen molar-refractivity contribution >= 4 is 16.7 Å². The van der Waals surface area contributed by atoms with E-state index in [0.717, 1.165) is 35.0 Å². The lowest BCUT2D eigenvalue weighted by Crippen LogP contribution is -2.36. The predicted molar refractivity (Wildman–Crippen MR) is 129 cm³/mol. The number of likely N-dealkylation sites (N-methyl/N-ethyl adjacent to an activating group) is 1. The average Bonchev–Trinajstić information content (AvgIpc) is 3.36. The van der Waals surface area contributed by atoms with E-state index >= 15 is 0 Å². The van der Waals surface area contributed by atoms with Gasteiger partial charge in [-0.2, -0.15) is 10.2 Å². The third kappa shape index (κ3) is 4.65. The topological polar surface area (TPSA) is 62.2 Å². The molecule has 0 unspecified atom stereocenters. The van der Waals surface area contributed by atoms with Crippen LogP contribution in [-0.4, -0.2) is 57.1 Å². The van der Waals surface area contributed by atoms with Gasteiger partial charge in [-0.1, -0.05) is 30.3 Å². The van der Waals surface area contributed by atoms with Crippen LogP contribution in [0.15, 0.2) is 73.2 Å². The highest BCUT2D eigenvalue weighted by Gasteiger charge is 2.30. The summed E-state index contributed by atoms with van der Waals surface area (Å²) in [4.78, 5) is 21.3. The second-order valence-electron chi connectivity index (χ2n) is 8.83. The minimum absolute atomic E-state index is 0.114. The molecule has 0 N–H and O–H groups in total. The first-order valence-electron chi connectivity index (χ1n) is 11.4. The van der Waals surface area contributed by atoms with Crippen LogP contribution in [0.1, 0.15) is 33.6 Å². The van der Waals surface area contributed by atoms with Gasteiger partial charge < -0.3 is 4.90 Å². The second kappa shape index (κ2) is 9.65. The van der Waals surface area contributed by atoms with Crippen molar-refractivity contribution in [1.82, 2.24) is 25.0 Å². The van der Waals surface area contributed by atoms with E-state index in [1.54, 1.807) is 35.6 Å². The lowest BCUT2D eigenvalue weighted by atomic mass is 10.0. The summed E-state index contributed by atoms with van der Waals surface area (Å²) in [5.74, 6) is -0.755. The Balaban J connectivity index is 1.30. The zero-order valence-corrected chi connectivity index (χ0v) is 19.1. The number of carbonyl (C=O) groups is 1. The fraction of sp³-hybridized carbons (Fsp3) is 0.259. The Bertz CT molecular complexity index is 1310. The van der Waals surface area contributed by atoms with Crippen LogP contribution in [0.2, 0.25) is 0 Å². The highest BCUT2D eigenvalue weighted by molar-refractivity contribution is 5.95. The van der Waals surface area contributed by atoms with Gasteiger partial charge in [0.15, 0.2) is 0 Å². The highest BCUT2D eigenvalue weighted by Crippen LogP contribution is 2.23. The molecule has 6 nitrogen and oxygen atoms in total. The van der Waals surface area contributed by atoms with Crippen LogP contribution in [0.3, 0.4) is 0 Å². The molecule has 1 saturated heterocycles. The van der Waals surface area contributed by atoms with Crippen molar-refractivity contribution in [2.24, 2.45) is 0 Å². The molecule has 0 aliphatic carbocycles. The number of hydrogen-bond acceptors (Lipinski definition) is 5. The summed E-state index contributed by atoms with van der Waals surface area (Å²) in [5.41, 5.74) is 2.93. The quantitative estimate of drug-likeness (QED) is 0.438. The second-order valence-corrected chi connectivity index (χ2v) is 8.83. The van der Waals surface area contributed by atoms with Gasteiger partial charge >= 0.3 is 0 Å². The number of likely N-dealkylation sites (tertiary alicyclic amines) is 1. The van der Waals surface area contributed by atoms with Crippen molar-refractivity contribution in [3.05, 3.63) is 101 Å². The Morgan fingerprint density at radius 3 is 2.79 bits per heavy atom. The third-order valence-corrected chi connectivity index (χ3v) is 6.53. The lowest BCUT2D eigenvalue weighted by Gasteiger charge is -2.25. The molecule has 1 fully saturated rings. The molecule has 4 aromatic rings. The van der Waals surface area contributed by atoms with Gasteiger partial charge in [0.05, 0.1) is 17.5 Å². The minimum atomic E-state index is -0.494. The number of pyridine rings is 1. The summed E-state index contributed by atoms with van der Waals surface area (Å²) in [7, 11) is 2.06. The highest BCUT2D eigenvalue weighted by atomic mass is 19.1. The number of benzene rings is 2. The Morgan fingerprint density at radius 1 is 1.12 bits per heavy atom. The molecule has 1 atom stereocenters. The Hall–Kier alpha value is -3.71. The maximum Gasteiger partial charge on any atom is 0.256 e. The van der Waals surface area contributed by atoms with Crippen LogP contribution >= 0.6 is 0 Å². The summed E-state index contributed by atoms with van der Waals surface area (Å²) >= 11 is 0. The smallest absolute Gasteiger partial charge is 0.256 e. The van der Waals surface area contributed by atoms with Gasteiger partial charge in [0.25, 0.3) is 5.91 Å². The summed E-state index contributed by atoms with van der Waals surface area (Å²) in [6, 6.07) is 16.9. The van der Waals surface area contributed by atoms with Crippen molar-refractivity contribution in [2.75, 3.05) is 20.1 Å². The monoisotopic (exact) mass is 455 g/mol. The molecule has 0 radical (unpaired) electrons. The summed E-state index contributed by atoms with van der Waals surface area (Å²) in [6.07, 6.45) is 6.64. The molecule has 3 heterocycles. The number of halogens is 1. The number of aromatic nitrogens is 3. The largest absolute Gasteiger partial charge is 0.337 e. The zero-order valence-electron chi connectivity index (χ0n) is 19.1. The number of carbonyl (C=O) groups excluding carboxylic acids is 1. The van der Waals surface area contributed by atoms with E-state index in [9.17, 15) is 9.18 Å². The minimum Gasteiger partial charge on any atom is -0.337 e.